The molecule has 1 N–H and O–H groups in total. The van der Waals surface area contributed by atoms with Gasteiger partial charge in [-0.3, -0.25) is 14.5 Å². The van der Waals surface area contributed by atoms with Gasteiger partial charge in [-0.2, -0.15) is 0 Å². The predicted molar refractivity (Wildman–Crippen MR) is 102 cm³/mol. The van der Waals surface area contributed by atoms with E-state index in [4.69, 9.17) is 21.4 Å². The van der Waals surface area contributed by atoms with Gasteiger partial charge < -0.3 is 9.84 Å². The summed E-state index contributed by atoms with van der Waals surface area (Å²) in [6, 6.07) is 10.5. The number of aliphatic carboxylic acids is 1. The van der Waals surface area contributed by atoms with E-state index in [9.17, 15) is 18.8 Å². The van der Waals surface area contributed by atoms with E-state index in [0.29, 0.717) is 11.3 Å². The van der Waals surface area contributed by atoms with Gasteiger partial charge in [-0.05, 0) is 47.7 Å². The summed E-state index contributed by atoms with van der Waals surface area (Å²) in [6.07, 6.45) is 1.52. The van der Waals surface area contributed by atoms with E-state index >= 15 is 0 Å². The van der Waals surface area contributed by atoms with E-state index in [1.165, 1.54) is 24.3 Å². The molecule has 0 radical (unpaired) electrons. The third-order valence-corrected chi connectivity index (χ3v) is 5.05. The number of hydrogen-bond acceptors (Lipinski definition) is 5. The van der Waals surface area contributed by atoms with E-state index in [1.54, 1.807) is 24.3 Å². The van der Waals surface area contributed by atoms with Crippen molar-refractivity contribution in [3.63, 3.8) is 0 Å². The zero-order valence-electron chi connectivity index (χ0n) is 14.2. The fraction of sp³-hybridized carbons (Fsp3) is 0.105. The number of nitrogens with zero attached hydrogens (tertiary/aromatic N) is 1. The minimum Gasteiger partial charge on any atom is -0.482 e. The second kappa shape index (κ2) is 8.45. The maximum absolute atomic E-state index is 13.9. The normalized spacial score (nSPS) is 15.4. The van der Waals surface area contributed by atoms with Gasteiger partial charge in [-0.1, -0.05) is 29.8 Å². The number of rotatable bonds is 6. The molecule has 0 atom stereocenters. The van der Waals surface area contributed by atoms with Crippen LogP contribution < -0.4 is 4.74 Å². The first kappa shape index (κ1) is 19.9. The standard InChI is InChI=1S/C19H13ClFNO5S/c20-14-2-1-3-15(21)13(14)9-22-18(25)16(28-19(22)26)8-11-4-6-12(7-5-11)27-10-17(23)24/h1-8H,9-10H2,(H,23,24)/b16-8+. The van der Waals surface area contributed by atoms with Crippen LogP contribution in [-0.2, 0) is 16.1 Å². The summed E-state index contributed by atoms with van der Waals surface area (Å²) in [6.45, 7) is -0.716. The molecule has 0 aliphatic carbocycles. The quantitative estimate of drug-likeness (QED) is 0.704. The molecule has 6 nitrogen and oxygen atoms in total. The molecule has 1 aliphatic heterocycles. The Balaban J connectivity index is 1.75. The molecular formula is C19H13ClFNO5S. The molecule has 9 heteroatoms. The highest BCUT2D eigenvalue weighted by Crippen LogP contribution is 2.34. The first-order chi connectivity index (χ1) is 13.3. The third kappa shape index (κ3) is 4.52. The average Bonchev–Trinajstić information content (AvgIpc) is 2.91. The van der Waals surface area contributed by atoms with Crippen LogP contribution in [0, 0.1) is 5.82 Å². The summed E-state index contributed by atoms with van der Waals surface area (Å²) in [5.41, 5.74) is 0.699. The number of carbonyl (C=O) groups excluding carboxylic acids is 2. The fourth-order valence-electron chi connectivity index (χ4n) is 2.43. The van der Waals surface area contributed by atoms with Gasteiger partial charge in [-0.15, -0.1) is 0 Å². The largest absolute Gasteiger partial charge is 0.482 e. The number of carbonyl (C=O) groups is 3. The molecule has 3 rings (SSSR count). The van der Waals surface area contributed by atoms with Crippen LogP contribution in [0.15, 0.2) is 47.4 Å². The van der Waals surface area contributed by atoms with Gasteiger partial charge >= 0.3 is 5.97 Å². The number of hydrogen-bond donors (Lipinski definition) is 1. The molecule has 28 heavy (non-hydrogen) atoms. The highest BCUT2D eigenvalue weighted by molar-refractivity contribution is 8.18. The molecule has 2 amide bonds. The molecule has 1 saturated heterocycles. The zero-order valence-corrected chi connectivity index (χ0v) is 15.8. The van der Waals surface area contributed by atoms with Crippen LogP contribution >= 0.6 is 23.4 Å². The van der Waals surface area contributed by atoms with Crippen LogP contribution in [0.5, 0.6) is 5.75 Å². The summed E-state index contributed by atoms with van der Waals surface area (Å²) in [7, 11) is 0. The van der Waals surface area contributed by atoms with E-state index in [0.717, 1.165) is 16.7 Å². The molecule has 0 spiro atoms. The second-order valence-corrected chi connectivity index (χ2v) is 7.12. The summed E-state index contributed by atoms with van der Waals surface area (Å²) >= 11 is 6.72. The first-order valence-corrected chi connectivity index (χ1v) is 9.17. The Bertz CT molecular complexity index is 957. The number of carboxylic acid groups (broad SMARTS) is 1. The van der Waals surface area contributed by atoms with Gasteiger partial charge in [-0.25, -0.2) is 9.18 Å². The highest BCUT2D eigenvalue weighted by Gasteiger charge is 2.35. The van der Waals surface area contributed by atoms with Crippen molar-refractivity contribution >= 4 is 46.6 Å². The van der Waals surface area contributed by atoms with Crippen molar-refractivity contribution in [2.24, 2.45) is 0 Å². The Hall–Kier alpha value is -2.84. The second-order valence-electron chi connectivity index (χ2n) is 5.72. The first-order valence-electron chi connectivity index (χ1n) is 7.98. The lowest BCUT2D eigenvalue weighted by atomic mass is 10.2. The molecule has 2 aromatic carbocycles. The number of amides is 2. The molecule has 0 bridgehead atoms. The number of benzene rings is 2. The van der Waals surface area contributed by atoms with Gasteiger partial charge in [0.05, 0.1) is 11.4 Å². The molecule has 1 fully saturated rings. The van der Waals surface area contributed by atoms with Crippen LogP contribution in [0.2, 0.25) is 5.02 Å². The minimum atomic E-state index is -1.09. The van der Waals surface area contributed by atoms with E-state index < -0.39 is 29.5 Å². The van der Waals surface area contributed by atoms with Crippen molar-refractivity contribution in [1.82, 2.24) is 4.90 Å². The lowest BCUT2D eigenvalue weighted by Gasteiger charge is -2.14. The van der Waals surface area contributed by atoms with Crippen molar-refractivity contribution in [2.75, 3.05) is 6.61 Å². The van der Waals surface area contributed by atoms with Crippen LogP contribution in [0.1, 0.15) is 11.1 Å². The van der Waals surface area contributed by atoms with Crippen molar-refractivity contribution in [3.05, 3.63) is 69.3 Å². The monoisotopic (exact) mass is 421 g/mol. The topological polar surface area (TPSA) is 83.9 Å². The van der Waals surface area contributed by atoms with Crippen LogP contribution in [0.3, 0.4) is 0 Å². The number of carboxylic acids is 1. The van der Waals surface area contributed by atoms with Crippen molar-refractivity contribution < 1.29 is 28.6 Å². The number of ether oxygens (including phenoxy) is 1. The van der Waals surface area contributed by atoms with E-state index in [2.05, 4.69) is 0 Å². The van der Waals surface area contributed by atoms with Crippen molar-refractivity contribution in [2.45, 2.75) is 6.54 Å². The lowest BCUT2D eigenvalue weighted by molar-refractivity contribution is -0.139. The van der Waals surface area contributed by atoms with Crippen LogP contribution in [0.25, 0.3) is 6.08 Å². The SMILES string of the molecule is O=C(O)COc1ccc(/C=C2/SC(=O)N(Cc3c(F)cccc3Cl)C2=O)cc1. The summed E-state index contributed by atoms with van der Waals surface area (Å²) in [5, 5.41) is 8.22. The Labute approximate surface area is 168 Å². The predicted octanol–water partition coefficient (Wildman–Crippen LogP) is 4.18. The number of thioether (sulfide) groups is 1. The molecule has 2 aromatic rings. The number of halogens is 2. The summed E-state index contributed by atoms with van der Waals surface area (Å²) in [4.78, 5) is 36.4. The van der Waals surface area contributed by atoms with Gasteiger partial charge in [0.15, 0.2) is 6.61 Å². The Kier molecular flexibility index (Phi) is 6.01. The average molecular weight is 422 g/mol. The van der Waals surface area contributed by atoms with Crippen molar-refractivity contribution in [1.29, 1.82) is 0 Å². The fourth-order valence-corrected chi connectivity index (χ4v) is 3.50. The Morgan fingerprint density at radius 3 is 2.57 bits per heavy atom. The smallest absolute Gasteiger partial charge is 0.341 e. The summed E-state index contributed by atoms with van der Waals surface area (Å²) in [5.74, 6) is -1.86. The minimum absolute atomic E-state index is 0.0765. The maximum Gasteiger partial charge on any atom is 0.341 e. The van der Waals surface area contributed by atoms with Crippen molar-refractivity contribution in [3.8, 4) is 5.75 Å². The molecule has 1 heterocycles. The van der Waals surface area contributed by atoms with Gasteiger partial charge in [0, 0.05) is 10.6 Å². The Morgan fingerprint density at radius 2 is 1.93 bits per heavy atom. The third-order valence-electron chi connectivity index (χ3n) is 3.79. The molecule has 144 valence electrons. The zero-order chi connectivity index (χ0) is 20.3. The Morgan fingerprint density at radius 1 is 1.21 bits per heavy atom. The summed E-state index contributed by atoms with van der Waals surface area (Å²) < 4.78 is 19.0. The van der Waals surface area contributed by atoms with Gasteiger partial charge in [0.1, 0.15) is 11.6 Å². The van der Waals surface area contributed by atoms with Gasteiger partial charge in [0.25, 0.3) is 11.1 Å². The van der Waals surface area contributed by atoms with E-state index in [1.807, 2.05) is 0 Å². The molecule has 0 unspecified atom stereocenters. The molecule has 0 saturated carbocycles. The highest BCUT2D eigenvalue weighted by atomic mass is 35.5. The van der Waals surface area contributed by atoms with E-state index in [-0.39, 0.29) is 22.0 Å². The lowest BCUT2D eigenvalue weighted by Crippen LogP contribution is -2.28. The maximum atomic E-state index is 13.9. The van der Waals surface area contributed by atoms with Crippen LogP contribution in [-0.4, -0.2) is 33.7 Å². The van der Waals surface area contributed by atoms with Crippen LogP contribution in [0.4, 0.5) is 9.18 Å². The molecule has 0 aromatic heterocycles. The molecular weight excluding hydrogens is 409 g/mol. The van der Waals surface area contributed by atoms with Gasteiger partial charge in [0.2, 0.25) is 0 Å². The number of imide groups is 1. The molecule has 1 aliphatic rings.